The molecule has 0 spiro atoms. The van der Waals surface area contributed by atoms with Crippen molar-refractivity contribution in [2.45, 2.75) is 39.3 Å². The van der Waals surface area contributed by atoms with Crippen LogP contribution in [0.5, 0.6) is 0 Å². The van der Waals surface area contributed by atoms with Crippen LogP contribution in [0.15, 0.2) is 5.16 Å². The molecule has 0 aliphatic rings. The highest BCUT2D eigenvalue weighted by Gasteiger charge is 2.16. The number of hydrogen-bond acceptors (Lipinski definition) is 4. The predicted molar refractivity (Wildman–Crippen MR) is 67.8 cm³/mol. The Balaban J connectivity index is 4.29. The Morgan fingerprint density at radius 1 is 1.38 bits per heavy atom. The highest BCUT2D eigenvalue weighted by atomic mass is 16.4. The van der Waals surface area contributed by atoms with E-state index in [1.54, 1.807) is 0 Å². The largest absolute Gasteiger partial charge is 0.409 e. The second-order valence-corrected chi connectivity index (χ2v) is 5.00. The zero-order valence-electron chi connectivity index (χ0n) is 11.1. The molecule has 0 bridgehead atoms. The molecule has 0 aliphatic carbocycles. The molecule has 0 fully saturated rings. The Hall–Kier alpha value is -0.810. The first-order valence-corrected chi connectivity index (χ1v) is 5.75. The molecule has 96 valence electrons. The first-order valence-electron chi connectivity index (χ1n) is 5.75. The molecular formula is C11H26N4O. The Kier molecular flexibility index (Phi) is 7.08. The molecule has 0 aliphatic heterocycles. The van der Waals surface area contributed by atoms with Gasteiger partial charge in [-0.25, -0.2) is 0 Å². The Bertz CT molecular complexity index is 206. The van der Waals surface area contributed by atoms with E-state index >= 15 is 0 Å². The predicted octanol–water partition coefficient (Wildman–Crippen LogP) is 0.687. The molecular weight excluding hydrogens is 204 g/mol. The van der Waals surface area contributed by atoms with Gasteiger partial charge in [0.05, 0.1) is 6.04 Å². The summed E-state index contributed by atoms with van der Waals surface area (Å²) in [5.74, 6) is 0.851. The topological polar surface area (TPSA) is 73.9 Å². The molecule has 0 heterocycles. The van der Waals surface area contributed by atoms with Gasteiger partial charge in [-0.15, -0.1) is 0 Å². The molecule has 2 atom stereocenters. The van der Waals surface area contributed by atoms with Gasteiger partial charge in [0.25, 0.3) is 0 Å². The van der Waals surface area contributed by atoms with Crippen molar-refractivity contribution in [2.24, 2.45) is 16.8 Å². The lowest BCUT2D eigenvalue weighted by molar-refractivity contribution is 0.294. The summed E-state index contributed by atoms with van der Waals surface area (Å²) in [5.41, 5.74) is 5.55. The lowest BCUT2D eigenvalue weighted by atomic mass is 10.0. The van der Waals surface area contributed by atoms with Crippen molar-refractivity contribution in [3.05, 3.63) is 0 Å². The number of hydrogen-bond donors (Lipinski definition) is 3. The Labute approximate surface area is 98.7 Å². The summed E-state index contributed by atoms with van der Waals surface area (Å²) in [6.45, 7) is 7.23. The van der Waals surface area contributed by atoms with E-state index in [1.807, 2.05) is 21.0 Å². The summed E-state index contributed by atoms with van der Waals surface area (Å²) in [4.78, 5) is 2.14. The average molecular weight is 230 g/mol. The summed E-state index contributed by atoms with van der Waals surface area (Å²) < 4.78 is 0. The van der Waals surface area contributed by atoms with Gasteiger partial charge in [0.2, 0.25) is 0 Å². The van der Waals surface area contributed by atoms with Crippen LogP contribution >= 0.6 is 0 Å². The fourth-order valence-electron chi connectivity index (χ4n) is 1.73. The van der Waals surface area contributed by atoms with Gasteiger partial charge in [-0.2, -0.15) is 0 Å². The van der Waals surface area contributed by atoms with Crippen LogP contribution in [0.1, 0.15) is 27.2 Å². The van der Waals surface area contributed by atoms with Gasteiger partial charge in [0.1, 0.15) is 0 Å². The molecule has 0 aromatic carbocycles. The van der Waals surface area contributed by atoms with Crippen molar-refractivity contribution in [1.29, 1.82) is 0 Å². The van der Waals surface area contributed by atoms with Crippen LogP contribution in [0.3, 0.4) is 0 Å². The van der Waals surface area contributed by atoms with Crippen LogP contribution in [-0.4, -0.2) is 48.7 Å². The maximum absolute atomic E-state index is 8.59. The fraction of sp³-hybridized carbons (Fsp3) is 0.909. The van der Waals surface area contributed by atoms with Crippen LogP contribution in [0, 0.1) is 5.92 Å². The van der Waals surface area contributed by atoms with E-state index < -0.39 is 0 Å². The second kappa shape index (κ2) is 7.46. The molecule has 0 saturated heterocycles. The van der Waals surface area contributed by atoms with Gasteiger partial charge in [0.15, 0.2) is 5.84 Å². The van der Waals surface area contributed by atoms with Crippen molar-refractivity contribution in [3.8, 4) is 0 Å². The molecule has 16 heavy (non-hydrogen) atoms. The van der Waals surface area contributed by atoms with Gasteiger partial charge >= 0.3 is 0 Å². The molecule has 5 nitrogen and oxygen atoms in total. The van der Waals surface area contributed by atoms with Crippen molar-refractivity contribution >= 4 is 5.84 Å². The van der Waals surface area contributed by atoms with Crippen molar-refractivity contribution < 1.29 is 5.21 Å². The van der Waals surface area contributed by atoms with E-state index in [9.17, 15) is 0 Å². The first kappa shape index (κ1) is 15.2. The third kappa shape index (κ3) is 6.63. The quantitative estimate of drug-likeness (QED) is 0.260. The normalized spacial score (nSPS) is 16.8. The summed E-state index contributed by atoms with van der Waals surface area (Å²) in [5, 5.41) is 15.0. The van der Waals surface area contributed by atoms with Crippen molar-refractivity contribution in [3.63, 3.8) is 0 Å². The molecule has 4 N–H and O–H groups in total. The monoisotopic (exact) mass is 230 g/mol. The van der Waals surface area contributed by atoms with Crippen LogP contribution in [0.4, 0.5) is 0 Å². The minimum absolute atomic E-state index is 0.103. The number of oxime groups is 1. The Morgan fingerprint density at radius 2 is 1.94 bits per heavy atom. The van der Waals surface area contributed by atoms with Gasteiger partial charge in [-0.3, -0.25) is 0 Å². The Morgan fingerprint density at radius 3 is 2.31 bits per heavy atom. The number of nitrogens with two attached hydrogens (primary N) is 1. The average Bonchev–Trinajstić information content (AvgIpc) is 2.14. The van der Waals surface area contributed by atoms with E-state index in [0.717, 1.165) is 13.0 Å². The van der Waals surface area contributed by atoms with Gasteiger partial charge in [-0.05, 0) is 33.4 Å². The van der Waals surface area contributed by atoms with E-state index in [2.05, 4.69) is 29.2 Å². The van der Waals surface area contributed by atoms with Crippen LogP contribution in [-0.2, 0) is 0 Å². The summed E-state index contributed by atoms with van der Waals surface area (Å²) in [6, 6.07) is 0.249. The highest BCUT2D eigenvalue weighted by molar-refractivity contribution is 5.84. The molecule has 0 aromatic rings. The lowest BCUT2D eigenvalue weighted by Gasteiger charge is -2.26. The minimum atomic E-state index is -0.103. The molecule has 2 unspecified atom stereocenters. The maximum Gasteiger partial charge on any atom is 0.156 e. The fourth-order valence-corrected chi connectivity index (χ4v) is 1.73. The highest BCUT2D eigenvalue weighted by Crippen LogP contribution is 2.06. The number of rotatable bonds is 7. The van der Waals surface area contributed by atoms with Crippen LogP contribution < -0.4 is 11.1 Å². The molecule has 0 saturated carbocycles. The number of nitrogens with one attached hydrogen (secondary N) is 1. The smallest absolute Gasteiger partial charge is 0.156 e. The molecule has 5 heteroatoms. The van der Waals surface area contributed by atoms with Gasteiger partial charge < -0.3 is 21.2 Å². The molecule has 0 amide bonds. The van der Waals surface area contributed by atoms with E-state index in [0.29, 0.717) is 12.0 Å². The SMILES string of the molecule is CC(C)CC(CN(C)C)NC(C)C(N)=NO. The van der Waals surface area contributed by atoms with E-state index in [-0.39, 0.29) is 11.9 Å². The number of nitrogens with zero attached hydrogens (tertiary/aromatic N) is 2. The summed E-state index contributed by atoms with van der Waals surface area (Å²) in [7, 11) is 4.09. The van der Waals surface area contributed by atoms with Gasteiger partial charge in [-0.1, -0.05) is 19.0 Å². The summed E-state index contributed by atoms with van der Waals surface area (Å²) >= 11 is 0. The van der Waals surface area contributed by atoms with E-state index in [1.165, 1.54) is 0 Å². The van der Waals surface area contributed by atoms with E-state index in [4.69, 9.17) is 10.9 Å². The number of amidine groups is 1. The molecule has 0 rings (SSSR count). The third-order valence-corrected chi connectivity index (χ3v) is 2.39. The summed E-state index contributed by atoms with van der Waals surface area (Å²) in [6.07, 6.45) is 1.07. The maximum atomic E-state index is 8.59. The van der Waals surface area contributed by atoms with Gasteiger partial charge in [0, 0.05) is 12.6 Å². The molecule has 0 radical (unpaired) electrons. The lowest BCUT2D eigenvalue weighted by Crippen LogP contribution is -2.48. The zero-order chi connectivity index (χ0) is 12.7. The van der Waals surface area contributed by atoms with Crippen molar-refractivity contribution in [1.82, 2.24) is 10.2 Å². The van der Waals surface area contributed by atoms with Crippen LogP contribution in [0.2, 0.25) is 0 Å². The minimum Gasteiger partial charge on any atom is -0.409 e. The third-order valence-electron chi connectivity index (χ3n) is 2.39. The standard InChI is InChI=1S/C11H26N4O/c1-8(2)6-10(7-15(4)5)13-9(3)11(12)14-16/h8-10,13,16H,6-7H2,1-5H3,(H2,12,14). The van der Waals surface area contributed by atoms with Crippen LogP contribution in [0.25, 0.3) is 0 Å². The molecule has 0 aromatic heterocycles. The zero-order valence-corrected chi connectivity index (χ0v) is 11.1. The second-order valence-electron chi connectivity index (χ2n) is 5.00. The van der Waals surface area contributed by atoms with Crippen molar-refractivity contribution in [2.75, 3.05) is 20.6 Å². The number of likely N-dealkylation sites (N-methyl/N-ethyl adjacent to an activating group) is 1. The first-order chi connectivity index (χ1) is 7.36.